The third-order valence-electron chi connectivity index (χ3n) is 4.23. The van der Waals surface area contributed by atoms with Crippen LogP contribution in [0.3, 0.4) is 0 Å². The Labute approximate surface area is 187 Å². The molecule has 0 heterocycles. The van der Waals surface area contributed by atoms with E-state index >= 15 is 0 Å². The molecule has 1 atom stereocenters. The van der Waals surface area contributed by atoms with Crippen LogP contribution in [-0.2, 0) is 15.7 Å². The van der Waals surface area contributed by atoms with Gasteiger partial charge in [0.1, 0.15) is 16.8 Å². The lowest BCUT2D eigenvalue weighted by Crippen LogP contribution is -2.21. The Hall–Kier alpha value is -2.63. The number of rotatable bonds is 6. The molecule has 0 saturated heterocycles. The van der Waals surface area contributed by atoms with Crippen LogP contribution in [0, 0.1) is 11.3 Å². The van der Waals surface area contributed by atoms with Crippen molar-refractivity contribution in [3.05, 3.63) is 70.6 Å². The van der Waals surface area contributed by atoms with E-state index in [0.29, 0.717) is 34.9 Å². The Bertz CT molecular complexity index is 866. The molecule has 2 rings (SSSR count). The second kappa shape index (κ2) is 12.9. The number of allylic oxidation sites excluding steroid dienone is 3. The Morgan fingerprint density at radius 3 is 2.48 bits per heavy atom. The smallest absolute Gasteiger partial charge is 0.416 e. The number of halogens is 3. The monoisotopic (exact) mass is 452 g/mol. The number of nitrogens with one attached hydrogen (secondary N) is 1. The lowest BCUT2D eigenvalue weighted by atomic mass is 10.1. The van der Waals surface area contributed by atoms with E-state index in [-0.39, 0.29) is 6.10 Å². The van der Waals surface area contributed by atoms with Crippen LogP contribution in [0.25, 0.3) is 0 Å². The summed E-state index contributed by atoms with van der Waals surface area (Å²) in [6, 6.07) is 6.78. The van der Waals surface area contributed by atoms with E-state index in [1.165, 1.54) is 19.2 Å². The average molecular weight is 453 g/mol. The second-order valence-corrected chi connectivity index (χ2v) is 6.74. The van der Waals surface area contributed by atoms with E-state index in [0.717, 1.165) is 24.3 Å². The summed E-state index contributed by atoms with van der Waals surface area (Å²) in [5.74, 6) is 0.498. The van der Waals surface area contributed by atoms with Crippen molar-refractivity contribution in [1.82, 2.24) is 5.32 Å². The SMILES string of the molecule is CC.COC1=CC(OC/C=C(\C)NC(=S)c2ccc(C(F)(F)F)cc2)CCC=C1C#N. The summed E-state index contributed by atoms with van der Waals surface area (Å²) in [4.78, 5) is 0.325. The summed E-state index contributed by atoms with van der Waals surface area (Å²) >= 11 is 5.25. The third kappa shape index (κ3) is 8.56. The maximum absolute atomic E-state index is 12.6. The molecule has 0 amide bonds. The average Bonchev–Trinajstić information content (AvgIpc) is 2.96. The molecular weight excluding hydrogens is 425 g/mol. The highest BCUT2D eigenvalue weighted by molar-refractivity contribution is 7.80. The maximum Gasteiger partial charge on any atom is 0.416 e. The van der Waals surface area contributed by atoms with Crippen LogP contribution in [-0.4, -0.2) is 24.8 Å². The summed E-state index contributed by atoms with van der Waals surface area (Å²) in [5.41, 5.74) is 0.989. The van der Waals surface area contributed by atoms with Gasteiger partial charge in [0, 0.05) is 11.3 Å². The lowest BCUT2D eigenvalue weighted by molar-refractivity contribution is -0.137. The van der Waals surface area contributed by atoms with Gasteiger partial charge in [-0.2, -0.15) is 18.4 Å². The largest absolute Gasteiger partial charge is 0.496 e. The summed E-state index contributed by atoms with van der Waals surface area (Å²) in [5, 5.41) is 12.1. The predicted molar refractivity (Wildman–Crippen MR) is 119 cm³/mol. The summed E-state index contributed by atoms with van der Waals surface area (Å²) < 4.78 is 49.0. The topological polar surface area (TPSA) is 54.3 Å². The minimum atomic E-state index is -4.38. The third-order valence-corrected chi connectivity index (χ3v) is 4.57. The highest BCUT2D eigenvalue weighted by atomic mass is 32.1. The quantitative estimate of drug-likeness (QED) is 0.532. The normalized spacial score (nSPS) is 16.6. The molecule has 0 bridgehead atoms. The molecule has 4 nitrogen and oxygen atoms in total. The minimum Gasteiger partial charge on any atom is -0.496 e. The fourth-order valence-electron chi connectivity index (χ4n) is 2.65. The lowest BCUT2D eigenvalue weighted by Gasteiger charge is -2.13. The molecule has 0 aromatic heterocycles. The maximum atomic E-state index is 12.6. The number of alkyl halides is 3. The molecule has 8 heteroatoms. The molecule has 0 spiro atoms. The Balaban J connectivity index is 0.00000233. The van der Waals surface area contributed by atoms with Crippen LogP contribution in [0.5, 0.6) is 0 Å². The van der Waals surface area contributed by atoms with Gasteiger partial charge in [-0.25, -0.2) is 0 Å². The zero-order chi connectivity index (χ0) is 23.4. The predicted octanol–water partition coefficient (Wildman–Crippen LogP) is 6.06. The highest BCUT2D eigenvalue weighted by Gasteiger charge is 2.30. The first-order valence-corrected chi connectivity index (χ1v) is 10.3. The number of ether oxygens (including phenoxy) is 2. The van der Waals surface area contributed by atoms with Crippen molar-refractivity contribution in [3.8, 4) is 6.07 Å². The van der Waals surface area contributed by atoms with Gasteiger partial charge in [0.25, 0.3) is 0 Å². The molecule has 1 N–H and O–H groups in total. The number of hydrogen-bond donors (Lipinski definition) is 1. The number of nitrogens with zero attached hydrogens (tertiary/aromatic N) is 1. The second-order valence-electron chi connectivity index (χ2n) is 6.33. The van der Waals surface area contributed by atoms with Gasteiger partial charge in [-0.1, -0.05) is 44.3 Å². The van der Waals surface area contributed by atoms with Crippen LogP contribution >= 0.6 is 12.2 Å². The van der Waals surface area contributed by atoms with Gasteiger partial charge in [0.15, 0.2) is 0 Å². The van der Waals surface area contributed by atoms with Crippen molar-refractivity contribution >= 4 is 17.2 Å². The molecule has 0 saturated carbocycles. The molecule has 168 valence electrons. The first-order valence-electron chi connectivity index (χ1n) is 9.88. The van der Waals surface area contributed by atoms with Crippen LogP contribution in [0.15, 0.2) is 59.5 Å². The van der Waals surface area contributed by atoms with Gasteiger partial charge in [-0.05, 0) is 44.1 Å². The Kier molecular flexibility index (Phi) is 11.0. The highest BCUT2D eigenvalue weighted by Crippen LogP contribution is 2.29. The van der Waals surface area contributed by atoms with Crippen LogP contribution in [0.4, 0.5) is 13.2 Å². The van der Waals surface area contributed by atoms with E-state index in [2.05, 4.69) is 11.4 Å². The van der Waals surface area contributed by atoms with E-state index in [4.69, 9.17) is 27.0 Å². The van der Waals surface area contributed by atoms with Gasteiger partial charge in [-0.3, -0.25) is 0 Å². The standard InChI is InChI=1S/C21H21F3N2O2S.C2H6/c1-14(26-20(29)15-6-8-17(9-7-15)21(22,23)24)10-11-28-18-5-3-4-16(13-25)19(12-18)27-2;1-2/h4,6-10,12,18H,3,5,11H2,1-2H3,(H,26,29);1-2H3/b14-10+;. The Morgan fingerprint density at radius 2 is 1.94 bits per heavy atom. The molecule has 1 aromatic carbocycles. The van der Waals surface area contributed by atoms with Gasteiger partial charge >= 0.3 is 6.18 Å². The zero-order valence-electron chi connectivity index (χ0n) is 18.0. The van der Waals surface area contributed by atoms with Crippen molar-refractivity contribution in [1.29, 1.82) is 5.26 Å². The number of hydrogen-bond acceptors (Lipinski definition) is 4. The van der Waals surface area contributed by atoms with Crippen LogP contribution < -0.4 is 5.32 Å². The number of benzene rings is 1. The molecular formula is C23H27F3N2O2S. The fraction of sp³-hybridized carbons (Fsp3) is 0.391. The molecule has 0 aliphatic heterocycles. The number of thiocarbonyl (C=S) groups is 1. The van der Waals surface area contributed by atoms with Gasteiger partial charge in [-0.15, -0.1) is 0 Å². The van der Waals surface area contributed by atoms with E-state index in [1.807, 2.05) is 19.9 Å². The van der Waals surface area contributed by atoms with Crippen molar-refractivity contribution in [3.63, 3.8) is 0 Å². The van der Waals surface area contributed by atoms with Crippen LogP contribution in [0.2, 0.25) is 0 Å². The van der Waals surface area contributed by atoms with Crippen molar-refractivity contribution in [2.24, 2.45) is 0 Å². The van der Waals surface area contributed by atoms with Gasteiger partial charge in [0.2, 0.25) is 0 Å². The number of methoxy groups -OCH3 is 1. The summed E-state index contributed by atoms with van der Waals surface area (Å²) in [6.07, 6.45) is 2.26. The van der Waals surface area contributed by atoms with E-state index in [9.17, 15) is 13.2 Å². The molecule has 31 heavy (non-hydrogen) atoms. The molecule has 1 unspecified atom stereocenters. The first-order chi connectivity index (χ1) is 14.7. The van der Waals surface area contributed by atoms with E-state index in [1.54, 1.807) is 19.1 Å². The molecule has 1 aliphatic rings. The minimum absolute atomic E-state index is 0.196. The van der Waals surface area contributed by atoms with Crippen LogP contribution in [0.1, 0.15) is 44.7 Å². The van der Waals surface area contributed by atoms with Crippen molar-refractivity contribution < 1.29 is 22.6 Å². The molecule has 1 aromatic rings. The van der Waals surface area contributed by atoms with Crippen molar-refractivity contribution in [2.75, 3.05) is 13.7 Å². The molecule has 0 fully saturated rings. The van der Waals surface area contributed by atoms with E-state index < -0.39 is 11.7 Å². The molecule has 0 radical (unpaired) electrons. The summed E-state index contributed by atoms with van der Waals surface area (Å²) in [7, 11) is 1.51. The zero-order valence-corrected chi connectivity index (χ0v) is 18.9. The molecule has 1 aliphatic carbocycles. The fourth-order valence-corrected chi connectivity index (χ4v) is 2.95. The van der Waals surface area contributed by atoms with Gasteiger partial charge < -0.3 is 14.8 Å². The van der Waals surface area contributed by atoms with Gasteiger partial charge in [0.05, 0.1) is 31.0 Å². The number of nitriles is 1. The summed E-state index contributed by atoms with van der Waals surface area (Å²) in [6.45, 7) is 6.09. The Morgan fingerprint density at radius 1 is 1.29 bits per heavy atom. The van der Waals surface area contributed by atoms with Crippen molar-refractivity contribution in [2.45, 2.75) is 45.9 Å². The first kappa shape index (κ1) is 26.4.